The van der Waals surface area contributed by atoms with Gasteiger partial charge < -0.3 is 21.5 Å². The fraction of sp³-hybridized carbons (Fsp3) is 0.526. The van der Waals surface area contributed by atoms with Gasteiger partial charge in [0.05, 0.1) is 17.4 Å². The quantitative estimate of drug-likeness (QED) is 0.352. The first-order chi connectivity index (χ1) is 14.3. The number of carbonyl (C=O) groups is 3. The lowest BCUT2D eigenvalue weighted by Crippen LogP contribution is -2.53. The molecule has 0 bridgehead atoms. The van der Waals surface area contributed by atoms with E-state index in [1.54, 1.807) is 30.8 Å². The largest absolute Gasteiger partial charge is 0.481 e. The Morgan fingerprint density at radius 2 is 1.81 bits per heavy atom. The molecule has 0 aliphatic carbocycles. The van der Waals surface area contributed by atoms with Gasteiger partial charge in [0, 0.05) is 11.3 Å². The minimum absolute atomic E-state index is 0.0666. The second-order valence-corrected chi connectivity index (χ2v) is 10.1. The second-order valence-electron chi connectivity index (χ2n) is 7.20. The molecule has 12 heteroatoms. The Labute approximate surface area is 186 Å². The molecule has 1 aliphatic rings. The minimum Gasteiger partial charge on any atom is -0.481 e. The molecule has 0 aromatic heterocycles. The molecule has 0 radical (unpaired) electrons. The number of hydrogen-bond acceptors (Lipinski definition) is 7. The summed E-state index contributed by atoms with van der Waals surface area (Å²) in [5.41, 5.74) is 6.38. The first-order valence-corrected chi connectivity index (χ1v) is 12.0. The number of carbonyl (C=O) groups excluding carboxylic acids is 2. The van der Waals surface area contributed by atoms with Gasteiger partial charge >= 0.3 is 5.97 Å². The van der Waals surface area contributed by atoms with E-state index < -0.39 is 40.5 Å². The highest BCUT2D eigenvalue weighted by Gasteiger charge is 2.28. The molecule has 1 aromatic carbocycles. The highest BCUT2D eigenvalue weighted by atomic mass is 32.2. The molecule has 1 aliphatic heterocycles. The van der Waals surface area contributed by atoms with E-state index in [1.165, 1.54) is 12.1 Å². The number of nitrogens with one attached hydrogen (secondary N) is 2. The third kappa shape index (κ3) is 9.68. The summed E-state index contributed by atoms with van der Waals surface area (Å²) in [6, 6.07) is 4.21. The predicted molar refractivity (Wildman–Crippen MR) is 117 cm³/mol. The molecule has 1 saturated heterocycles. The Morgan fingerprint density at radius 3 is 2.26 bits per heavy atom. The van der Waals surface area contributed by atoms with Crippen LogP contribution in [0, 0.1) is 6.92 Å². The van der Waals surface area contributed by atoms with E-state index in [9.17, 15) is 22.8 Å². The van der Waals surface area contributed by atoms with Crippen molar-refractivity contribution in [2.45, 2.75) is 61.9 Å². The lowest BCUT2D eigenvalue weighted by Gasteiger charge is -2.21. The van der Waals surface area contributed by atoms with Gasteiger partial charge in [0.25, 0.3) is 10.1 Å². The smallest absolute Gasteiger partial charge is 0.305 e. The first-order valence-electron chi connectivity index (χ1n) is 9.55. The van der Waals surface area contributed by atoms with Crippen LogP contribution in [0.1, 0.15) is 32.3 Å². The summed E-state index contributed by atoms with van der Waals surface area (Å²) < 4.78 is 29.6. The summed E-state index contributed by atoms with van der Waals surface area (Å²) in [6.07, 6.45) is 0.452. The number of carboxylic acids is 1. The van der Waals surface area contributed by atoms with Gasteiger partial charge in [0.2, 0.25) is 11.8 Å². The van der Waals surface area contributed by atoms with Crippen LogP contribution in [0.25, 0.3) is 0 Å². The maximum absolute atomic E-state index is 11.9. The van der Waals surface area contributed by atoms with Crippen molar-refractivity contribution in [2.75, 3.05) is 5.75 Å². The highest BCUT2D eigenvalue weighted by molar-refractivity contribution is 8.00. The van der Waals surface area contributed by atoms with Gasteiger partial charge in [-0.1, -0.05) is 24.6 Å². The van der Waals surface area contributed by atoms with Crippen molar-refractivity contribution in [2.24, 2.45) is 5.73 Å². The van der Waals surface area contributed by atoms with Crippen molar-refractivity contribution in [3.8, 4) is 0 Å². The maximum atomic E-state index is 11.9. The highest BCUT2D eigenvalue weighted by Crippen LogP contribution is 2.26. The molecule has 2 rings (SSSR count). The molecule has 0 saturated carbocycles. The third-order valence-electron chi connectivity index (χ3n) is 4.51. The molecule has 1 fully saturated rings. The summed E-state index contributed by atoms with van der Waals surface area (Å²) in [7, 11) is -4.02. The zero-order valence-electron chi connectivity index (χ0n) is 17.6. The lowest BCUT2D eigenvalue weighted by molar-refractivity contribution is -0.139. The van der Waals surface area contributed by atoms with Crippen LogP contribution in [-0.4, -0.2) is 65.0 Å². The first kappa shape index (κ1) is 26.9. The van der Waals surface area contributed by atoms with E-state index in [4.69, 9.17) is 15.4 Å². The predicted octanol–water partition coefficient (Wildman–Crippen LogP) is 0.545. The number of nitrogens with two attached hydrogens (primary N) is 1. The molecule has 6 N–H and O–H groups in total. The van der Waals surface area contributed by atoms with Crippen LogP contribution in [0.15, 0.2) is 29.2 Å². The monoisotopic (exact) mass is 475 g/mol. The van der Waals surface area contributed by atoms with E-state index >= 15 is 0 Å². The molecule has 0 spiro atoms. The molecule has 174 valence electrons. The second kappa shape index (κ2) is 12.0. The fourth-order valence-corrected chi connectivity index (χ4v) is 4.28. The molecule has 1 heterocycles. The van der Waals surface area contributed by atoms with Gasteiger partial charge in [-0.15, -0.1) is 0 Å². The van der Waals surface area contributed by atoms with Crippen molar-refractivity contribution in [1.82, 2.24) is 10.6 Å². The summed E-state index contributed by atoms with van der Waals surface area (Å²) in [5.74, 6) is -1.05. The van der Waals surface area contributed by atoms with E-state index in [0.29, 0.717) is 5.25 Å². The molecule has 2 unspecified atom stereocenters. The average molecular weight is 476 g/mol. The van der Waals surface area contributed by atoms with E-state index in [2.05, 4.69) is 17.6 Å². The number of amides is 2. The average Bonchev–Trinajstić information content (AvgIpc) is 3.05. The third-order valence-corrected chi connectivity index (χ3v) is 6.70. The number of aryl methyl sites for hydroxylation is 1. The van der Waals surface area contributed by atoms with Gasteiger partial charge in [-0.2, -0.15) is 20.2 Å². The molecule has 31 heavy (non-hydrogen) atoms. The topological polar surface area (TPSA) is 176 Å². The zero-order valence-corrected chi connectivity index (χ0v) is 19.2. The Morgan fingerprint density at radius 1 is 1.23 bits per heavy atom. The van der Waals surface area contributed by atoms with Crippen molar-refractivity contribution in [1.29, 1.82) is 0 Å². The molecule has 1 aromatic rings. The van der Waals surface area contributed by atoms with Gasteiger partial charge in [-0.25, -0.2) is 0 Å². The van der Waals surface area contributed by atoms with Crippen LogP contribution in [0.3, 0.4) is 0 Å². The minimum atomic E-state index is -4.02. The van der Waals surface area contributed by atoms with Crippen LogP contribution in [-0.2, 0) is 24.5 Å². The molecular weight excluding hydrogens is 446 g/mol. The SMILES string of the molecule is CC1SCCC1NC(=O)[C@@H](C)NC(=O)[C@@H](N)CC(=O)O.Cc1ccc(S(=O)(=O)O)cc1. The van der Waals surface area contributed by atoms with Gasteiger partial charge in [-0.3, -0.25) is 18.9 Å². The Hall–Kier alpha value is -2.15. The van der Waals surface area contributed by atoms with Crippen LogP contribution in [0.5, 0.6) is 0 Å². The fourth-order valence-electron chi connectivity index (χ4n) is 2.61. The number of thioether (sulfide) groups is 1. The van der Waals surface area contributed by atoms with Crippen molar-refractivity contribution in [3.05, 3.63) is 29.8 Å². The number of carboxylic acid groups (broad SMARTS) is 1. The van der Waals surface area contributed by atoms with Gasteiger partial charge in [0.1, 0.15) is 6.04 Å². The lowest BCUT2D eigenvalue weighted by atomic mass is 10.1. The Balaban J connectivity index is 0.000000367. The van der Waals surface area contributed by atoms with E-state index in [1.807, 2.05) is 6.92 Å². The summed E-state index contributed by atoms with van der Waals surface area (Å²) in [5, 5.41) is 14.2. The summed E-state index contributed by atoms with van der Waals surface area (Å²) in [4.78, 5) is 33.9. The number of rotatable bonds is 7. The van der Waals surface area contributed by atoms with Crippen molar-refractivity contribution >= 4 is 39.7 Å². The number of benzene rings is 1. The molecular formula is C19H29N3O7S2. The van der Waals surface area contributed by atoms with Crippen molar-refractivity contribution in [3.63, 3.8) is 0 Å². The van der Waals surface area contributed by atoms with Crippen molar-refractivity contribution < 1.29 is 32.5 Å². The molecule has 10 nitrogen and oxygen atoms in total. The van der Waals surface area contributed by atoms with Gasteiger partial charge in [-0.05, 0) is 38.2 Å². The number of aliphatic carboxylic acids is 1. The molecule has 2 amide bonds. The van der Waals surface area contributed by atoms with Gasteiger partial charge in [0.15, 0.2) is 0 Å². The Kier molecular flexibility index (Phi) is 10.4. The molecule has 4 atom stereocenters. The normalized spacial score (nSPS) is 20.0. The number of hydrogen-bond donors (Lipinski definition) is 5. The van der Waals surface area contributed by atoms with Crippen LogP contribution in [0.2, 0.25) is 0 Å². The summed E-state index contributed by atoms with van der Waals surface area (Å²) >= 11 is 1.80. The van der Waals surface area contributed by atoms with Crippen LogP contribution < -0.4 is 16.4 Å². The standard InChI is InChI=1S/C12H21N3O4S.C7H8O3S/c1-6(14-12(19)8(13)5-10(16)17)11(18)15-9-3-4-20-7(9)2;1-6-2-4-7(5-3-6)11(8,9)10/h6-9H,3-5,13H2,1-2H3,(H,14,19)(H,15,18)(H,16,17);2-5H,1H3,(H,8,9,10)/t6-,7?,8+,9?;/m1./s1. The van der Waals surface area contributed by atoms with Crippen LogP contribution in [0.4, 0.5) is 0 Å². The van der Waals surface area contributed by atoms with E-state index in [0.717, 1.165) is 17.7 Å². The van der Waals surface area contributed by atoms with Crippen LogP contribution >= 0.6 is 11.8 Å². The Bertz CT molecular complexity index is 875. The summed E-state index contributed by atoms with van der Waals surface area (Å²) in [6.45, 7) is 5.44. The maximum Gasteiger partial charge on any atom is 0.305 e. The van der Waals surface area contributed by atoms with E-state index in [-0.39, 0.29) is 16.8 Å². The zero-order chi connectivity index (χ0) is 23.8.